The fraction of sp³-hybridized carbons (Fsp3) is 0. The Bertz CT molecular complexity index is 3030. The Balaban J connectivity index is 1.14. The molecule has 0 aliphatic heterocycles. The normalized spacial score (nSPS) is 12.1. The van der Waals surface area contributed by atoms with Crippen molar-refractivity contribution in [2.24, 2.45) is 0 Å². The highest BCUT2D eigenvalue weighted by Gasteiger charge is 2.21. The molecule has 11 rings (SSSR count). The molecule has 0 N–H and O–H groups in total. The van der Waals surface area contributed by atoms with Gasteiger partial charge in [-0.25, -0.2) is 0 Å². The Morgan fingerprint density at radius 2 is 0.837 bits per heavy atom. The third kappa shape index (κ3) is 3.76. The van der Waals surface area contributed by atoms with Crippen LogP contribution >= 0.6 is 0 Å². The van der Waals surface area contributed by atoms with Gasteiger partial charge in [0, 0.05) is 10.8 Å². The highest BCUT2D eigenvalue weighted by atomic mass is 16.3. The van der Waals surface area contributed by atoms with Crippen molar-refractivity contribution >= 4 is 75.8 Å². The molecule has 1 nitrogen and oxygen atoms in total. The molecule has 10 aromatic carbocycles. The fourth-order valence-corrected chi connectivity index (χ4v) is 8.50. The molecule has 0 aliphatic carbocycles. The second kappa shape index (κ2) is 10.0. The Hall–Kier alpha value is -6.44. The average Bonchev–Trinajstić information content (AvgIpc) is 3.56. The predicted octanol–water partition coefficient (Wildman–Crippen LogP) is 13.8. The number of hydrogen-bond donors (Lipinski definition) is 0. The lowest BCUT2D eigenvalue weighted by Gasteiger charge is -2.19. The van der Waals surface area contributed by atoms with Gasteiger partial charge in [-0.15, -0.1) is 0 Å². The summed E-state index contributed by atoms with van der Waals surface area (Å²) in [6, 6.07) is 62.1. The first-order valence-electron chi connectivity index (χ1n) is 16.9. The summed E-state index contributed by atoms with van der Waals surface area (Å²) in [5, 5.41) is 15.0. The van der Waals surface area contributed by atoms with Crippen molar-refractivity contribution < 1.29 is 4.42 Å². The minimum absolute atomic E-state index is 0.940. The first-order chi connectivity index (χ1) is 24.3. The maximum atomic E-state index is 6.34. The van der Waals surface area contributed by atoms with Crippen molar-refractivity contribution in [1.82, 2.24) is 0 Å². The fourth-order valence-electron chi connectivity index (χ4n) is 8.50. The van der Waals surface area contributed by atoms with Crippen LogP contribution in [0.4, 0.5) is 0 Å². The zero-order valence-corrected chi connectivity index (χ0v) is 26.6. The van der Waals surface area contributed by atoms with Gasteiger partial charge < -0.3 is 4.42 Å². The minimum Gasteiger partial charge on any atom is -0.456 e. The van der Waals surface area contributed by atoms with E-state index in [1.165, 1.54) is 98.0 Å². The zero-order valence-electron chi connectivity index (χ0n) is 26.6. The summed E-state index contributed by atoms with van der Waals surface area (Å²) in [6.45, 7) is 0. The smallest absolute Gasteiger partial charge is 0.136 e. The molecule has 0 spiro atoms. The van der Waals surface area contributed by atoms with Crippen LogP contribution in [-0.4, -0.2) is 0 Å². The van der Waals surface area contributed by atoms with E-state index in [2.05, 4.69) is 170 Å². The van der Waals surface area contributed by atoms with E-state index in [0.717, 1.165) is 11.2 Å². The maximum absolute atomic E-state index is 6.34. The topological polar surface area (TPSA) is 13.1 Å². The largest absolute Gasteiger partial charge is 0.456 e. The molecule has 0 aliphatic rings. The molecule has 1 heterocycles. The molecule has 11 aromatic rings. The number of benzene rings is 10. The van der Waals surface area contributed by atoms with Gasteiger partial charge in [-0.1, -0.05) is 152 Å². The Kier molecular flexibility index (Phi) is 5.45. The Morgan fingerprint density at radius 3 is 1.61 bits per heavy atom. The molecule has 0 atom stereocenters. The van der Waals surface area contributed by atoms with E-state index in [9.17, 15) is 0 Å². The molecule has 0 saturated carbocycles. The van der Waals surface area contributed by atoms with E-state index in [1.54, 1.807) is 0 Å². The highest BCUT2D eigenvalue weighted by Crippen LogP contribution is 2.48. The van der Waals surface area contributed by atoms with Crippen LogP contribution < -0.4 is 0 Å². The molecular formula is C48H28O. The van der Waals surface area contributed by atoms with Crippen LogP contribution in [-0.2, 0) is 0 Å². The van der Waals surface area contributed by atoms with E-state index in [4.69, 9.17) is 4.42 Å². The monoisotopic (exact) mass is 620 g/mol. The van der Waals surface area contributed by atoms with Gasteiger partial charge in [0.2, 0.25) is 0 Å². The van der Waals surface area contributed by atoms with Gasteiger partial charge in [-0.05, 0) is 105 Å². The molecule has 0 bridgehead atoms. The van der Waals surface area contributed by atoms with Crippen molar-refractivity contribution in [2.45, 2.75) is 0 Å². The van der Waals surface area contributed by atoms with Gasteiger partial charge in [0.1, 0.15) is 11.2 Å². The van der Waals surface area contributed by atoms with E-state index < -0.39 is 0 Å². The summed E-state index contributed by atoms with van der Waals surface area (Å²) in [7, 11) is 0. The van der Waals surface area contributed by atoms with Gasteiger partial charge in [-0.3, -0.25) is 0 Å². The van der Waals surface area contributed by atoms with Gasteiger partial charge in [0.15, 0.2) is 0 Å². The quantitative estimate of drug-likeness (QED) is 0.141. The molecule has 226 valence electrons. The predicted molar refractivity (Wildman–Crippen MR) is 209 cm³/mol. The molecule has 0 saturated heterocycles. The van der Waals surface area contributed by atoms with Crippen molar-refractivity contribution in [3.63, 3.8) is 0 Å². The van der Waals surface area contributed by atoms with Crippen LogP contribution in [0.3, 0.4) is 0 Å². The van der Waals surface area contributed by atoms with Crippen LogP contribution in [0, 0.1) is 0 Å². The summed E-state index contributed by atoms with van der Waals surface area (Å²) in [5.41, 5.74) is 9.36. The van der Waals surface area contributed by atoms with E-state index >= 15 is 0 Å². The van der Waals surface area contributed by atoms with Gasteiger partial charge >= 0.3 is 0 Å². The second-order valence-electron chi connectivity index (χ2n) is 13.2. The number of hydrogen-bond acceptors (Lipinski definition) is 1. The average molecular weight is 621 g/mol. The lowest BCUT2D eigenvalue weighted by atomic mass is 9.84. The van der Waals surface area contributed by atoms with Crippen molar-refractivity contribution in [1.29, 1.82) is 0 Å². The number of fused-ring (bicyclic) bond motifs is 5. The standard InChI is InChI=1S/C48H28O/c1-2-11-33-29(9-1)23-25-36-34(16-8-17-35(33)36)30-19-21-32(22-20-30)45-37-12-3-5-14-39(37)47(40-15-6-4-13-38(40)45)41-27-28-44-48-42(41)26-24-31-10-7-18-43(49-44)46(31)48/h1-28H. The third-order valence-electron chi connectivity index (χ3n) is 10.6. The molecule has 49 heavy (non-hydrogen) atoms. The van der Waals surface area contributed by atoms with Gasteiger partial charge in [0.05, 0.1) is 0 Å². The molecule has 0 radical (unpaired) electrons. The van der Waals surface area contributed by atoms with Crippen molar-refractivity contribution in [3.8, 4) is 33.4 Å². The molecule has 0 fully saturated rings. The van der Waals surface area contributed by atoms with Gasteiger partial charge in [-0.2, -0.15) is 0 Å². The number of rotatable bonds is 3. The van der Waals surface area contributed by atoms with Crippen LogP contribution in [0.15, 0.2) is 174 Å². The van der Waals surface area contributed by atoms with E-state index in [1.807, 2.05) is 0 Å². The molecule has 1 heteroatoms. The molecule has 1 aromatic heterocycles. The van der Waals surface area contributed by atoms with Crippen LogP contribution in [0.25, 0.3) is 109 Å². The lowest BCUT2D eigenvalue weighted by molar-refractivity contribution is 0.669. The molecular weight excluding hydrogens is 593 g/mol. The second-order valence-corrected chi connectivity index (χ2v) is 13.2. The van der Waals surface area contributed by atoms with Crippen molar-refractivity contribution in [3.05, 3.63) is 170 Å². The zero-order chi connectivity index (χ0) is 32.1. The summed E-state index contributed by atoms with van der Waals surface area (Å²) < 4.78 is 6.34. The lowest BCUT2D eigenvalue weighted by Crippen LogP contribution is -1.92. The SMILES string of the molecule is c1ccc2c(c1)ccc1c(-c3ccc(-c4c5ccccc5c(-c5ccc6oc7cccc8ccc5c6c87)c5ccccc45)cc3)cccc12. The minimum atomic E-state index is 0.940. The maximum Gasteiger partial charge on any atom is 0.136 e. The summed E-state index contributed by atoms with van der Waals surface area (Å²) in [4.78, 5) is 0. The van der Waals surface area contributed by atoms with Gasteiger partial charge in [0.25, 0.3) is 0 Å². The Morgan fingerprint density at radius 1 is 0.265 bits per heavy atom. The Labute approximate surface area is 282 Å². The summed E-state index contributed by atoms with van der Waals surface area (Å²) in [5.74, 6) is 0. The van der Waals surface area contributed by atoms with Crippen LogP contribution in [0.2, 0.25) is 0 Å². The number of furan rings is 1. The molecule has 0 unspecified atom stereocenters. The van der Waals surface area contributed by atoms with E-state index in [0.29, 0.717) is 0 Å². The van der Waals surface area contributed by atoms with E-state index in [-0.39, 0.29) is 0 Å². The van der Waals surface area contributed by atoms with Crippen LogP contribution in [0.1, 0.15) is 0 Å². The first-order valence-corrected chi connectivity index (χ1v) is 16.9. The van der Waals surface area contributed by atoms with Crippen molar-refractivity contribution in [2.75, 3.05) is 0 Å². The third-order valence-corrected chi connectivity index (χ3v) is 10.6. The summed E-state index contributed by atoms with van der Waals surface area (Å²) in [6.07, 6.45) is 0. The highest BCUT2D eigenvalue weighted by molar-refractivity contribution is 6.28. The molecule has 0 amide bonds. The summed E-state index contributed by atoms with van der Waals surface area (Å²) >= 11 is 0. The first kappa shape index (κ1) is 26.6. The van der Waals surface area contributed by atoms with Crippen LogP contribution in [0.5, 0.6) is 0 Å².